The van der Waals surface area contributed by atoms with Gasteiger partial charge >= 0.3 is 0 Å². The lowest BCUT2D eigenvalue weighted by Gasteiger charge is -2.17. The zero-order valence-electron chi connectivity index (χ0n) is 24.7. The van der Waals surface area contributed by atoms with Crippen LogP contribution in [-0.2, 0) is 0 Å². The SMILES string of the molecule is Brc1ccc2c(c1)c1ccccc1n2-c1cc(-n2c3ccccc3c3ccccc32)cc(-n2c3ccccc3c3ccccc32)c1. The minimum atomic E-state index is 1.08. The molecule has 0 aliphatic rings. The van der Waals surface area contributed by atoms with Crippen LogP contribution in [0.2, 0.25) is 0 Å². The van der Waals surface area contributed by atoms with Crippen molar-refractivity contribution >= 4 is 81.3 Å². The summed E-state index contributed by atoms with van der Waals surface area (Å²) in [6.45, 7) is 0. The van der Waals surface area contributed by atoms with E-state index in [9.17, 15) is 0 Å². The Morgan fingerprint density at radius 2 is 0.565 bits per heavy atom. The number of aromatic nitrogens is 3. The van der Waals surface area contributed by atoms with Crippen molar-refractivity contribution in [2.24, 2.45) is 0 Å². The van der Waals surface area contributed by atoms with Crippen molar-refractivity contribution in [2.45, 2.75) is 0 Å². The van der Waals surface area contributed by atoms with Crippen LogP contribution in [0.1, 0.15) is 0 Å². The van der Waals surface area contributed by atoms with Gasteiger partial charge in [0.15, 0.2) is 0 Å². The predicted molar refractivity (Wildman–Crippen MR) is 197 cm³/mol. The highest BCUT2D eigenvalue weighted by molar-refractivity contribution is 9.10. The molecule has 7 aromatic carbocycles. The summed E-state index contributed by atoms with van der Waals surface area (Å²) in [7, 11) is 0. The molecule has 3 aromatic heterocycles. The maximum absolute atomic E-state index is 3.74. The fraction of sp³-hybridized carbons (Fsp3) is 0. The molecular formula is C42H26BrN3. The topological polar surface area (TPSA) is 14.8 Å². The summed E-state index contributed by atoms with van der Waals surface area (Å²) in [4.78, 5) is 0. The zero-order valence-corrected chi connectivity index (χ0v) is 26.3. The molecule has 3 heterocycles. The van der Waals surface area contributed by atoms with Crippen molar-refractivity contribution in [3.05, 3.63) is 162 Å². The van der Waals surface area contributed by atoms with E-state index in [1.807, 2.05) is 0 Å². The van der Waals surface area contributed by atoms with Crippen LogP contribution in [0.3, 0.4) is 0 Å². The fourth-order valence-corrected chi connectivity index (χ4v) is 7.95. The standard InChI is InChI=1S/C42H26BrN3/c43-27-21-22-42-36(23-27)35-15-5-10-20-41(35)46(42)30-25-28(44-37-16-6-1-11-31(37)32-12-2-7-17-38(32)44)24-29(26-30)45-39-18-8-3-13-33(39)34-14-4-9-19-40(34)45/h1-26H. The summed E-state index contributed by atoms with van der Waals surface area (Å²) in [5.74, 6) is 0. The molecule has 3 nitrogen and oxygen atoms in total. The van der Waals surface area contributed by atoms with E-state index in [4.69, 9.17) is 0 Å². The summed E-state index contributed by atoms with van der Waals surface area (Å²) in [6.07, 6.45) is 0. The highest BCUT2D eigenvalue weighted by Crippen LogP contribution is 2.39. The van der Waals surface area contributed by atoms with Crippen molar-refractivity contribution < 1.29 is 0 Å². The Morgan fingerprint density at radius 3 is 0.913 bits per heavy atom. The van der Waals surface area contributed by atoms with E-state index in [1.165, 1.54) is 65.4 Å². The first-order valence-electron chi connectivity index (χ1n) is 15.6. The molecule has 0 saturated carbocycles. The number of nitrogens with zero attached hydrogens (tertiary/aromatic N) is 3. The average Bonchev–Trinajstić information content (AvgIpc) is 3.74. The van der Waals surface area contributed by atoms with Gasteiger partial charge in [-0.15, -0.1) is 0 Å². The molecule has 0 aliphatic heterocycles. The summed E-state index contributed by atoms with van der Waals surface area (Å²) >= 11 is 3.74. The van der Waals surface area contributed by atoms with Gasteiger partial charge in [-0.1, -0.05) is 107 Å². The lowest BCUT2D eigenvalue weighted by molar-refractivity contribution is 1.10. The van der Waals surface area contributed by atoms with Crippen LogP contribution < -0.4 is 0 Å². The number of benzene rings is 7. The molecule has 0 atom stereocenters. The number of hydrogen-bond donors (Lipinski definition) is 0. The van der Waals surface area contributed by atoms with Crippen LogP contribution in [-0.4, -0.2) is 13.7 Å². The largest absolute Gasteiger partial charge is 0.309 e. The van der Waals surface area contributed by atoms with Gasteiger partial charge in [-0.3, -0.25) is 0 Å². The molecule has 0 bridgehead atoms. The molecule has 0 fully saturated rings. The van der Waals surface area contributed by atoms with Gasteiger partial charge < -0.3 is 13.7 Å². The highest BCUT2D eigenvalue weighted by atomic mass is 79.9. The molecular weight excluding hydrogens is 626 g/mol. The quantitative estimate of drug-likeness (QED) is 0.180. The molecule has 0 N–H and O–H groups in total. The molecule has 4 heteroatoms. The Bertz CT molecular complexity index is 2590. The molecule has 0 radical (unpaired) electrons. The van der Waals surface area contributed by atoms with Crippen molar-refractivity contribution in [1.29, 1.82) is 0 Å². The minimum Gasteiger partial charge on any atom is -0.309 e. The van der Waals surface area contributed by atoms with E-state index in [-0.39, 0.29) is 0 Å². The molecule has 0 amide bonds. The monoisotopic (exact) mass is 651 g/mol. The van der Waals surface area contributed by atoms with E-state index >= 15 is 0 Å². The molecule has 216 valence electrons. The van der Waals surface area contributed by atoms with Gasteiger partial charge in [-0.05, 0) is 66.7 Å². The third-order valence-electron chi connectivity index (χ3n) is 9.46. The maximum atomic E-state index is 3.74. The van der Waals surface area contributed by atoms with Crippen LogP contribution in [0.15, 0.2) is 162 Å². The smallest absolute Gasteiger partial charge is 0.0541 e. The summed E-state index contributed by atoms with van der Waals surface area (Å²) in [6, 6.07) is 57.4. The van der Waals surface area contributed by atoms with Crippen molar-refractivity contribution in [1.82, 2.24) is 13.7 Å². The van der Waals surface area contributed by atoms with E-state index in [0.717, 1.165) is 21.5 Å². The van der Waals surface area contributed by atoms with Gasteiger partial charge in [0.1, 0.15) is 0 Å². The van der Waals surface area contributed by atoms with Crippen molar-refractivity contribution in [3.63, 3.8) is 0 Å². The van der Waals surface area contributed by atoms with Gasteiger partial charge in [0.25, 0.3) is 0 Å². The minimum absolute atomic E-state index is 1.08. The van der Waals surface area contributed by atoms with Crippen LogP contribution in [0.4, 0.5) is 0 Å². The third-order valence-corrected chi connectivity index (χ3v) is 9.95. The predicted octanol–water partition coefficient (Wildman–Crippen LogP) is 11.7. The molecule has 46 heavy (non-hydrogen) atoms. The Hall–Kier alpha value is -5.58. The van der Waals surface area contributed by atoms with Gasteiger partial charge in [0.05, 0.1) is 50.2 Å². The second-order valence-corrected chi connectivity index (χ2v) is 12.9. The lowest BCUT2D eigenvalue weighted by atomic mass is 10.2. The lowest BCUT2D eigenvalue weighted by Crippen LogP contribution is -2.03. The Morgan fingerprint density at radius 1 is 0.283 bits per heavy atom. The first-order chi connectivity index (χ1) is 22.7. The molecule has 0 unspecified atom stereocenters. The molecule has 10 rings (SSSR count). The molecule has 0 spiro atoms. The van der Waals surface area contributed by atoms with E-state index in [0.29, 0.717) is 0 Å². The van der Waals surface area contributed by atoms with Crippen LogP contribution in [0.25, 0.3) is 82.5 Å². The number of rotatable bonds is 3. The summed E-state index contributed by atoms with van der Waals surface area (Å²) < 4.78 is 8.35. The summed E-state index contributed by atoms with van der Waals surface area (Å²) in [5.41, 5.74) is 10.5. The second kappa shape index (κ2) is 9.71. The van der Waals surface area contributed by atoms with Crippen LogP contribution in [0.5, 0.6) is 0 Å². The fourth-order valence-electron chi connectivity index (χ4n) is 7.59. The van der Waals surface area contributed by atoms with Gasteiger partial charge in [-0.25, -0.2) is 0 Å². The second-order valence-electron chi connectivity index (χ2n) is 12.0. The van der Waals surface area contributed by atoms with Gasteiger partial charge in [-0.2, -0.15) is 0 Å². The molecule has 0 aliphatic carbocycles. The highest BCUT2D eigenvalue weighted by Gasteiger charge is 2.19. The van der Waals surface area contributed by atoms with E-state index in [1.54, 1.807) is 0 Å². The van der Waals surface area contributed by atoms with Gasteiger partial charge in [0, 0.05) is 36.8 Å². The Labute approximate surface area is 273 Å². The summed E-state index contributed by atoms with van der Waals surface area (Å²) in [5, 5.41) is 7.48. The maximum Gasteiger partial charge on any atom is 0.0541 e. The number of para-hydroxylation sites is 5. The van der Waals surface area contributed by atoms with E-state index < -0.39 is 0 Å². The molecule has 10 aromatic rings. The number of fused-ring (bicyclic) bond motifs is 9. The van der Waals surface area contributed by atoms with Crippen molar-refractivity contribution in [3.8, 4) is 17.1 Å². The van der Waals surface area contributed by atoms with Crippen molar-refractivity contribution in [2.75, 3.05) is 0 Å². The number of hydrogen-bond acceptors (Lipinski definition) is 0. The average molecular weight is 653 g/mol. The Balaban J connectivity index is 1.38. The van der Waals surface area contributed by atoms with E-state index in [2.05, 4.69) is 187 Å². The Kier molecular flexibility index (Phi) is 5.43. The zero-order chi connectivity index (χ0) is 30.4. The first kappa shape index (κ1) is 25.7. The normalized spacial score (nSPS) is 12.0. The third kappa shape index (κ3) is 3.59. The number of halogens is 1. The van der Waals surface area contributed by atoms with Gasteiger partial charge in [0.2, 0.25) is 0 Å². The van der Waals surface area contributed by atoms with Crippen LogP contribution in [0, 0.1) is 0 Å². The van der Waals surface area contributed by atoms with Crippen LogP contribution >= 0.6 is 15.9 Å². The first-order valence-corrected chi connectivity index (χ1v) is 16.4. The molecule has 0 saturated heterocycles.